The van der Waals surface area contributed by atoms with Crippen LogP contribution in [-0.4, -0.2) is 14.5 Å². The number of fused-ring (bicyclic) bond motifs is 2. The highest BCUT2D eigenvalue weighted by molar-refractivity contribution is 7.89. The van der Waals surface area contributed by atoms with Gasteiger partial charge in [0.25, 0.3) is 0 Å². The molecular formula is C15H18FNO2S. The Morgan fingerprint density at radius 1 is 1.20 bits per heavy atom. The minimum Gasteiger partial charge on any atom is -0.207 e. The highest BCUT2D eigenvalue weighted by Gasteiger charge is 2.42. The zero-order valence-electron chi connectivity index (χ0n) is 11.2. The molecule has 5 heteroatoms. The molecule has 0 amide bonds. The summed E-state index contributed by atoms with van der Waals surface area (Å²) in [6, 6.07) is 5.11. The van der Waals surface area contributed by atoms with Crippen LogP contribution in [0.15, 0.2) is 41.3 Å². The van der Waals surface area contributed by atoms with Gasteiger partial charge in [0.1, 0.15) is 5.82 Å². The SMILES string of the molecule is C=C1CC2CCC(C1)C2NS(=O)(=O)c1cccc(F)c1. The van der Waals surface area contributed by atoms with Crippen molar-refractivity contribution in [2.45, 2.75) is 36.6 Å². The molecule has 0 radical (unpaired) electrons. The fourth-order valence-electron chi connectivity index (χ4n) is 3.53. The quantitative estimate of drug-likeness (QED) is 0.872. The van der Waals surface area contributed by atoms with Gasteiger partial charge in [0.05, 0.1) is 4.90 Å². The van der Waals surface area contributed by atoms with E-state index in [2.05, 4.69) is 11.3 Å². The maximum atomic E-state index is 13.2. The number of allylic oxidation sites excluding steroid dienone is 1. The summed E-state index contributed by atoms with van der Waals surface area (Å²) in [5.74, 6) is 0.141. The first kappa shape index (κ1) is 13.8. The lowest BCUT2D eigenvalue weighted by Gasteiger charge is -2.31. The first-order chi connectivity index (χ1) is 9.45. The van der Waals surface area contributed by atoms with Crippen LogP contribution in [-0.2, 0) is 10.0 Å². The molecule has 0 saturated heterocycles. The van der Waals surface area contributed by atoms with Crippen LogP contribution in [0.4, 0.5) is 4.39 Å². The maximum absolute atomic E-state index is 13.2. The lowest BCUT2D eigenvalue weighted by Crippen LogP contribution is -2.43. The number of nitrogens with one attached hydrogen (secondary N) is 1. The van der Waals surface area contributed by atoms with E-state index in [1.807, 2.05) is 0 Å². The Morgan fingerprint density at radius 2 is 1.85 bits per heavy atom. The van der Waals surface area contributed by atoms with Crippen LogP contribution in [0.5, 0.6) is 0 Å². The van der Waals surface area contributed by atoms with Gasteiger partial charge >= 0.3 is 0 Å². The van der Waals surface area contributed by atoms with E-state index >= 15 is 0 Å². The van der Waals surface area contributed by atoms with Crippen molar-refractivity contribution in [2.75, 3.05) is 0 Å². The van der Waals surface area contributed by atoms with Crippen molar-refractivity contribution in [3.63, 3.8) is 0 Å². The van der Waals surface area contributed by atoms with Gasteiger partial charge in [-0.2, -0.15) is 0 Å². The first-order valence-electron chi connectivity index (χ1n) is 6.90. The standard InChI is InChI=1S/C15H18FNO2S/c1-10-7-11-5-6-12(8-10)15(11)17-20(18,19)14-4-2-3-13(16)9-14/h2-4,9,11-12,15,17H,1,5-8H2. The third-order valence-electron chi connectivity index (χ3n) is 4.42. The van der Waals surface area contributed by atoms with Crippen LogP contribution in [0.2, 0.25) is 0 Å². The van der Waals surface area contributed by atoms with Gasteiger partial charge in [-0.15, -0.1) is 0 Å². The summed E-state index contributed by atoms with van der Waals surface area (Å²) in [7, 11) is -3.65. The highest BCUT2D eigenvalue weighted by Crippen LogP contribution is 2.44. The monoisotopic (exact) mass is 295 g/mol. The summed E-state index contributed by atoms with van der Waals surface area (Å²) in [6.45, 7) is 4.03. The molecule has 3 nitrogen and oxygen atoms in total. The summed E-state index contributed by atoms with van der Waals surface area (Å²) in [6.07, 6.45) is 3.87. The van der Waals surface area contributed by atoms with Gasteiger partial charge in [-0.05, 0) is 55.7 Å². The topological polar surface area (TPSA) is 46.2 Å². The molecule has 1 aromatic rings. The molecule has 2 atom stereocenters. The van der Waals surface area contributed by atoms with E-state index in [9.17, 15) is 12.8 Å². The molecular weight excluding hydrogens is 277 g/mol. The molecule has 0 aromatic heterocycles. The number of sulfonamides is 1. The van der Waals surface area contributed by atoms with Crippen molar-refractivity contribution in [2.24, 2.45) is 11.8 Å². The summed E-state index contributed by atoms with van der Waals surface area (Å²) in [5, 5.41) is 0. The second kappa shape index (κ2) is 4.97. The Hall–Kier alpha value is -1.20. The lowest BCUT2D eigenvalue weighted by atomic mass is 9.82. The fourth-order valence-corrected chi connectivity index (χ4v) is 4.93. The molecule has 1 N–H and O–H groups in total. The smallest absolute Gasteiger partial charge is 0.207 e. The molecule has 0 aliphatic heterocycles. The van der Waals surface area contributed by atoms with Gasteiger partial charge < -0.3 is 0 Å². The van der Waals surface area contributed by atoms with Crippen molar-refractivity contribution >= 4 is 10.0 Å². The fraction of sp³-hybridized carbons (Fsp3) is 0.467. The second-order valence-electron chi connectivity index (χ2n) is 5.86. The number of hydrogen-bond donors (Lipinski definition) is 1. The van der Waals surface area contributed by atoms with Gasteiger partial charge in [0.2, 0.25) is 10.0 Å². The summed E-state index contributed by atoms with van der Waals surface area (Å²) >= 11 is 0. The molecule has 108 valence electrons. The molecule has 2 unspecified atom stereocenters. The maximum Gasteiger partial charge on any atom is 0.240 e. The minimum absolute atomic E-state index is 0.00120. The Bertz CT molecular complexity index is 625. The van der Waals surface area contributed by atoms with Crippen molar-refractivity contribution in [3.8, 4) is 0 Å². The zero-order chi connectivity index (χ0) is 14.3. The van der Waals surface area contributed by atoms with E-state index in [-0.39, 0.29) is 10.9 Å². The lowest BCUT2D eigenvalue weighted by molar-refractivity contribution is 0.332. The molecule has 2 bridgehead atoms. The average Bonchev–Trinajstić information content (AvgIpc) is 2.61. The molecule has 2 aliphatic rings. The molecule has 20 heavy (non-hydrogen) atoms. The van der Waals surface area contributed by atoms with E-state index in [1.54, 1.807) is 0 Å². The third-order valence-corrected chi connectivity index (χ3v) is 5.88. The Labute approximate surface area is 118 Å². The van der Waals surface area contributed by atoms with Crippen LogP contribution >= 0.6 is 0 Å². The van der Waals surface area contributed by atoms with Crippen molar-refractivity contribution < 1.29 is 12.8 Å². The van der Waals surface area contributed by atoms with Gasteiger partial charge in [-0.25, -0.2) is 17.5 Å². The zero-order valence-corrected chi connectivity index (χ0v) is 12.0. The van der Waals surface area contributed by atoms with Crippen molar-refractivity contribution in [3.05, 3.63) is 42.2 Å². The van der Waals surface area contributed by atoms with Gasteiger partial charge in [-0.3, -0.25) is 0 Å². The van der Waals surface area contributed by atoms with E-state index in [4.69, 9.17) is 0 Å². The van der Waals surface area contributed by atoms with Crippen LogP contribution < -0.4 is 4.72 Å². The number of hydrogen-bond acceptors (Lipinski definition) is 2. The van der Waals surface area contributed by atoms with E-state index < -0.39 is 15.8 Å². The van der Waals surface area contributed by atoms with Gasteiger partial charge in [0, 0.05) is 6.04 Å². The highest BCUT2D eigenvalue weighted by atomic mass is 32.2. The van der Waals surface area contributed by atoms with E-state index in [0.717, 1.165) is 31.7 Å². The minimum atomic E-state index is -3.65. The molecule has 0 heterocycles. The third kappa shape index (κ3) is 2.52. The van der Waals surface area contributed by atoms with Crippen LogP contribution in [0, 0.1) is 17.7 Å². The second-order valence-corrected chi connectivity index (χ2v) is 7.57. The molecule has 2 fully saturated rings. The van der Waals surface area contributed by atoms with Crippen LogP contribution in [0.3, 0.4) is 0 Å². The number of rotatable bonds is 3. The van der Waals surface area contributed by atoms with Gasteiger partial charge in [-0.1, -0.05) is 18.2 Å². The Balaban J connectivity index is 1.82. The van der Waals surface area contributed by atoms with E-state index in [1.165, 1.54) is 23.8 Å². The predicted molar refractivity (Wildman–Crippen MR) is 75.1 cm³/mol. The molecule has 1 aromatic carbocycles. The van der Waals surface area contributed by atoms with Crippen LogP contribution in [0.1, 0.15) is 25.7 Å². The summed E-state index contributed by atoms with van der Waals surface area (Å²) in [4.78, 5) is 0.00120. The van der Waals surface area contributed by atoms with Crippen molar-refractivity contribution in [1.29, 1.82) is 0 Å². The van der Waals surface area contributed by atoms with Crippen LogP contribution in [0.25, 0.3) is 0 Å². The summed E-state index contributed by atoms with van der Waals surface area (Å²) < 4.78 is 40.7. The summed E-state index contributed by atoms with van der Waals surface area (Å²) in [5.41, 5.74) is 1.22. The largest absolute Gasteiger partial charge is 0.240 e. The average molecular weight is 295 g/mol. The van der Waals surface area contributed by atoms with Crippen molar-refractivity contribution in [1.82, 2.24) is 4.72 Å². The van der Waals surface area contributed by atoms with E-state index in [0.29, 0.717) is 11.8 Å². The molecule has 0 spiro atoms. The molecule has 3 rings (SSSR count). The molecule has 2 saturated carbocycles. The number of benzene rings is 1. The first-order valence-corrected chi connectivity index (χ1v) is 8.38. The van der Waals surface area contributed by atoms with Gasteiger partial charge in [0.15, 0.2) is 0 Å². The predicted octanol–water partition coefficient (Wildman–Crippen LogP) is 2.85. The normalized spacial score (nSPS) is 29.6. The Morgan fingerprint density at radius 3 is 2.45 bits per heavy atom. The number of halogens is 1. The Kier molecular flexibility index (Phi) is 3.42. The molecule has 2 aliphatic carbocycles.